The minimum absolute atomic E-state index is 0.00675. The lowest BCUT2D eigenvalue weighted by Gasteiger charge is -2.35. The Bertz CT molecular complexity index is 1580. The molecule has 34 heavy (non-hydrogen) atoms. The number of rotatable bonds is 2. The maximum atomic E-state index is 9.19. The molecule has 4 aromatic rings. The van der Waals surface area contributed by atoms with E-state index in [0.717, 1.165) is 22.6 Å². The Hall–Kier alpha value is -3.24. The minimum atomic E-state index is 0.00675. The van der Waals surface area contributed by atoms with Crippen molar-refractivity contribution in [3.8, 4) is 21.9 Å². The number of fused-ring (bicyclic) bond motifs is 9. The van der Waals surface area contributed by atoms with Crippen molar-refractivity contribution in [2.75, 3.05) is 0 Å². The van der Waals surface area contributed by atoms with E-state index in [4.69, 9.17) is 13.1 Å². The van der Waals surface area contributed by atoms with Crippen LogP contribution in [-0.4, -0.2) is 0 Å². The summed E-state index contributed by atoms with van der Waals surface area (Å²) in [5, 5.41) is 18.4. The molecule has 0 amide bonds. The SMILES string of the molecule is [C-]#[N+]/C(C#N)=C\c1cc2sc3c(c2s1)C1(CCCCC1)c1c-3sc2cc(/C=C(\C#N)[N+]#[C-])sc12. The second kappa shape index (κ2) is 7.92. The normalized spacial score (nSPS) is 16.7. The monoisotopic (exact) mass is 510 g/mol. The third-order valence-corrected chi connectivity index (χ3v) is 11.6. The third kappa shape index (κ3) is 2.94. The van der Waals surface area contributed by atoms with Crippen LogP contribution in [0.4, 0.5) is 0 Å². The summed E-state index contributed by atoms with van der Waals surface area (Å²) >= 11 is 7.09. The van der Waals surface area contributed by atoms with E-state index in [2.05, 4.69) is 21.8 Å². The molecule has 2 aliphatic carbocycles. The Morgan fingerprint density at radius 1 is 0.794 bits per heavy atom. The van der Waals surface area contributed by atoms with Crippen LogP contribution in [0.5, 0.6) is 0 Å². The highest BCUT2D eigenvalue weighted by Gasteiger charge is 2.49. The summed E-state index contributed by atoms with van der Waals surface area (Å²) in [7, 11) is 0. The third-order valence-electron chi connectivity index (χ3n) is 6.66. The van der Waals surface area contributed by atoms with Crippen molar-refractivity contribution in [2.45, 2.75) is 37.5 Å². The van der Waals surface area contributed by atoms with E-state index < -0.39 is 0 Å². The van der Waals surface area contributed by atoms with Gasteiger partial charge in [0.1, 0.15) is 0 Å². The molecule has 6 rings (SSSR count). The van der Waals surface area contributed by atoms with Crippen LogP contribution in [0.2, 0.25) is 0 Å². The van der Waals surface area contributed by atoms with Crippen molar-refractivity contribution in [3.63, 3.8) is 0 Å². The van der Waals surface area contributed by atoms with Crippen LogP contribution in [0.1, 0.15) is 53.0 Å². The first kappa shape index (κ1) is 21.3. The van der Waals surface area contributed by atoms with Gasteiger partial charge in [-0.3, -0.25) is 0 Å². The highest BCUT2D eigenvalue weighted by Crippen LogP contribution is 2.66. The van der Waals surface area contributed by atoms with Crippen molar-refractivity contribution in [3.05, 3.63) is 67.2 Å². The Morgan fingerprint density at radius 3 is 1.68 bits per heavy atom. The Balaban J connectivity index is 1.57. The molecule has 4 nitrogen and oxygen atoms in total. The lowest BCUT2D eigenvalue weighted by molar-refractivity contribution is 0.358. The second-order valence-electron chi connectivity index (χ2n) is 8.45. The van der Waals surface area contributed by atoms with Crippen molar-refractivity contribution >= 4 is 76.3 Å². The van der Waals surface area contributed by atoms with Crippen LogP contribution >= 0.6 is 45.3 Å². The zero-order valence-corrected chi connectivity index (χ0v) is 21.0. The van der Waals surface area contributed by atoms with E-state index in [1.54, 1.807) is 34.8 Å². The molecule has 0 atom stereocenters. The molecular formula is C26H14N4S4. The van der Waals surface area contributed by atoms with Crippen molar-refractivity contribution in [1.82, 2.24) is 0 Å². The molecule has 0 bridgehead atoms. The highest BCUT2D eigenvalue weighted by molar-refractivity contribution is 7.35. The second-order valence-corrected chi connectivity index (χ2v) is 12.7. The van der Waals surface area contributed by atoms with E-state index >= 15 is 0 Å². The molecule has 0 aliphatic heterocycles. The van der Waals surface area contributed by atoms with Crippen LogP contribution < -0.4 is 0 Å². The molecule has 1 fully saturated rings. The Kier molecular flexibility index (Phi) is 4.96. The van der Waals surface area contributed by atoms with E-state index in [1.807, 2.05) is 34.8 Å². The molecule has 162 valence electrons. The standard InChI is InChI=1S/C26H14N4S4/c1-29-14(12-27)8-16-10-18-22(31-16)20-24(33-18)25-21(26(20)6-4-3-5-7-26)23-19(34-25)11-17(32-23)9-15(13-28)30-2/h8-11H,3-7H2/b14-8-,15-9+. The van der Waals surface area contributed by atoms with Gasteiger partial charge in [-0.05, 0) is 37.1 Å². The quantitative estimate of drug-likeness (QED) is 0.199. The van der Waals surface area contributed by atoms with E-state index in [-0.39, 0.29) is 16.8 Å². The van der Waals surface area contributed by atoms with Gasteiger partial charge in [-0.25, -0.2) is 20.2 Å². The van der Waals surface area contributed by atoms with E-state index in [1.165, 1.54) is 58.9 Å². The summed E-state index contributed by atoms with van der Waals surface area (Å²) < 4.78 is 5.11. The van der Waals surface area contributed by atoms with Crippen LogP contribution in [0.3, 0.4) is 0 Å². The van der Waals surface area contributed by atoms with Gasteiger partial charge in [0.25, 0.3) is 11.4 Å². The molecule has 2 aliphatic rings. The van der Waals surface area contributed by atoms with Crippen molar-refractivity contribution in [2.24, 2.45) is 0 Å². The zero-order valence-electron chi connectivity index (χ0n) is 17.8. The fourth-order valence-corrected chi connectivity index (χ4v) is 11.1. The summed E-state index contributed by atoms with van der Waals surface area (Å²) in [4.78, 5) is 11.4. The number of hydrogen-bond donors (Lipinski definition) is 0. The summed E-state index contributed by atoms with van der Waals surface area (Å²) in [5.74, 6) is 0. The van der Waals surface area contributed by atoms with E-state index in [0.29, 0.717) is 0 Å². The predicted molar refractivity (Wildman–Crippen MR) is 143 cm³/mol. The summed E-state index contributed by atoms with van der Waals surface area (Å²) in [6, 6.07) is 8.22. The smallest absolute Gasteiger partial charge is 0.227 e. The van der Waals surface area contributed by atoms with Crippen LogP contribution in [0, 0.1) is 35.8 Å². The number of thiophene rings is 4. The maximum absolute atomic E-state index is 9.19. The fourth-order valence-electron chi connectivity index (χ4n) is 5.37. The number of hydrogen-bond acceptors (Lipinski definition) is 6. The summed E-state index contributed by atoms with van der Waals surface area (Å²) in [6.07, 6.45) is 9.34. The van der Waals surface area contributed by atoms with Crippen LogP contribution in [0.25, 0.3) is 50.4 Å². The van der Waals surface area contributed by atoms with E-state index in [9.17, 15) is 10.5 Å². The first-order valence-electron chi connectivity index (χ1n) is 10.7. The average Bonchev–Trinajstić information content (AvgIpc) is 3.61. The topological polar surface area (TPSA) is 56.3 Å². The lowest BCUT2D eigenvalue weighted by atomic mass is 9.68. The molecule has 0 saturated heterocycles. The van der Waals surface area contributed by atoms with Gasteiger partial charge in [-0.15, -0.1) is 45.3 Å². The number of nitriles is 2. The number of nitrogens with zero attached hydrogens (tertiary/aromatic N) is 4. The zero-order chi connectivity index (χ0) is 23.4. The van der Waals surface area contributed by atoms with Gasteiger partial charge in [0.2, 0.25) is 0 Å². The largest absolute Gasteiger partial charge is 0.263 e. The van der Waals surface area contributed by atoms with Gasteiger partial charge in [0, 0.05) is 35.7 Å². The highest BCUT2D eigenvalue weighted by atomic mass is 32.1. The van der Waals surface area contributed by atoms with Gasteiger partial charge in [0.15, 0.2) is 0 Å². The van der Waals surface area contributed by atoms with Crippen molar-refractivity contribution < 1.29 is 0 Å². The van der Waals surface area contributed by atoms with Crippen LogP contribution in [-0.2, 0) is 5.41 Å². The minimum Gasteiger partial charge on any atom is -0.227 e. The molecular weight excluding hydrogens is 497 g/mol. The van der Waals surface area contributed by atoms with Gasteiger partial charge in [0.05, 0.1) is 44.4 Å². The molecule has 4 aromatic heterocycles. The van der Waals surface area contributed by atoms with Crippen molar-refractivity contribution in [1.29, 1.82) is 10.5 Å². The predicted octanol–water partition coefficient (Wildman–Crippen LogP) is 9.04. The molecule has 8 heteroatoms. The van der Waals surface area contributed by atoms with Gasteiger partial charge in [-0.2, -0.15) is 0 Å². The molecule has 0 N–H and O–H groups in total. The first-order chi connectivity index (χ1) is 16.6. The first-order valence-corrected chi connectivity index (χ1v) is 14.0. The Labute approximate surface area is 212 Å². The molecule has 1 spiro atoms. The molecule has 4 heterocycles. The Morgan fingerprint density at radius 2 is 1.26 bits per heavy atom. The number of allylic oxidation sites excluding steroid dienone is 2. The van der Waals surface area contributed by atoms with Gasteiger partial charge >= 0.3 is 0 Å². The molecule has 0 aromatic carbocycles. The van der Waals surface area contributed by atoms with Crippen LogP contribution in [0.15, 0.2) is 23.5 Å². The fraction of sp³-hybridized carbons (Fsp3) is 0.231. The summed E-state index contributed by atoms with van der Waals surface area (Å²) in [5.41, 5.74) is 3.17. The van der Waals surface area contributed by atoms with Gasteiger partial charge < -0.3 is 0 Å². The molecule has 0 radical (unpaired) electrons. The van der Waals surface area contributed by atoms with Gasteiger partial charge in [-0.1, -0.05) is 19.3 Å². The summed E-state index contributed by atoms with van der Waals surface area (Å²) in [6.45, 7) is 14.4. The lowest BCUT2D eigenvalue weighted by Crippen LogP contribution is -2.27. The molecule has 0 unspecified atom stereocenters. The maximum Gasteiger partial charge on any atom is 0.263 e. The molecule has 1 saturated carbocycles. The average molecular weight is 511 g/mol.